The molecular formula is C14H20ClNO. The molecule has 0 saturated carbocycles. The van der Waals surface area contributed by atoms with Crippen LogP contribution in [0.4, 0.5) is 0 Å². The maximum absolute atomic E-state index is 12.1. The lowest BCUT2D eigenvalue weighted by Gasteiger charge is -2.16. The monoisotopic (exact) mass is 253 g/mol. The van der Waals surface area contributed by atoms with Crippen LogP contribution in [0.5, 0.6) is 0 Å². The summed E-state index contributed by atoms with van der Waals surface area (Å²) in [5.74, 6) is -0.0176. The van der Waals surface area contributed by atoms with E-state index in [2.05, 4.69) is 5.32 Å². The third-order valence-electron chi connectivity index (χ3n) is 2.69. The molecule has 0 fully saturated rings. The Morgan fingerprint density at radius 3 is 2.59 bits per heavy atom. The number of amides is 1. The number of hydrogen-bond donors (Lipinski definition) is 1. The van der Waals surface area contributed by atoms with Gasteiger partial charge in [0.25, 0.3) is 5.91 Å². The van der Waals surface area contributed by atoms with Crippen LogP contribution in [-0.2, 0) is 0 Å². The van der Waals surface area contributed by atoms with E-state index in [1.807, 2.05) is 45.9 Å². The number of benzene rings is 1. The molecule has 0 spiro atoms. The zero-order valence-corrected chi connectivity index (χ0v) is 11.6. The Balaban J connectivity index is 2.73. The fourth-order valence-corrected chi connectivity index (χ4v) is 2.10. The number of carbonyl (C=O) groups is 1. The summed E-state index contributed by atoms with van der Waals surface area (Å²) in [4.78, 5) is 12.1. The first-order valence-electron chi connectivity index (χ1n) is 5.92. The predicted molar refractivity (Wildman–Crippen MR) is 72.8 cm³/mol. The lowest BCUT2D eigenvalue weighted by Crippen LogP contribution is -2.34. The van der Waals surface area contributed by atoms with Crippen LogP contribution >= 0.6 is 11.6 Å². The van der Waals surface area contributed by atoms with Gasteiger partial charge < -0.3 is 5.32 Å². The average molecular weight is 254 g/mol. The topological polar surface area (TPSA) is 29.1 Å². The number of carbonyl (C=O) groups excluding carboxylic acids is 1. The van der Waals surface area contributed by atoms with Gasteiger partial charge in [-0.3, -0.25) is 4.79 Å². The van der Waals surface area contributed by atoms with Crippen LogP contribution in [0, 0.1) is 13.8 Å². The summed E-state index contributed by atoms with van der Waals surface area (Å²) in [6, 6.07) is 5.99. The summed E-state index contributed by atoms with van der Waals surface area (Å²) in [6.07, 6.45) is 0.776. The molecule has 3 heteroatoms. The summed E-state index contributed by atoms with van der Waals surface area (Å²) < 4.78 is 0. The van der Waals surface area contributed by atoms with Gasteiger partial charge in [0.2, 0.25) is 0 Å². The summed E-state index contributed by atoms with van der Waals surface area (Å²) in [7, 11) is 0. The first kappa shape index (κ1) is 14.0. The summed E-state index contributed by atoms with van der Waals surface area (Å²) >= 11 is 5.91. The Kier molecular flexibility index (Phi) is 5.01. The standard InChI is InChI=1S/C14H20ClNO/c1-9-5-6-10(2)13(7-9)14(17)16-12(4)8-11(3)15/h5-7,11-12H,8H2,1-4H3,(H,16,17). The van der Waals surface area contributed by atoms with Crippen LogP contribution in [0.25, 0.3) is 0 Å². The van der Waals surface area contributed by atoms with Crippen molar-refractivity contribution in [1.82, 2.24) is 5.32 Å². The van der Waals surface area contributed by atoms with Crippen molar-refractivity contribution in [2.45, 2.75) is 45.5 Å². The van der Waals surface area contributed by atoms with Crippen LogP contribution < -0.4 is 5.32 Å². The minimum Gasteiger partial charge on any atom is -0.350 e. The molecule has 94 valence electrons. The summed E-state index contributed by atoms with van der Waals surface area (Å²) in [5, 5.41) is 3.05. The molecule has 2 atom stereocenters. The molecule has 1 N–H and O–H groups in total. The van der Waals surface area contributed by atoms with E-state index in [9.17, 15) is 4.79 Å². The zero-order chi connectivity index (χ0) is 13.0. The summed E-state index contributed by atoms with van der Waals surface area (Å²) in [5.41, 5.74) is 2.84. The van der Waals surface area contributed by atoms with Crippen LogP contribution in [0.2, 0.25) is 0 Å². The number of alkyl halides is 1. The fraction of sp³-hybridized carbons (Fsp3) is 0.500. The Hall–Kier alpha value is -1.02. The van der Waals surface area contributed by atoms with Gasteiger partial charge in [-0.2, -0.15) is 0 Å². The van der Waals surface area contributed by atoms with Crippen molar-refractivity contribution in [3.8, 4) is 0 Å². The van der Waals surface area contributed by atoms with Gasteiger partial charge >= 0.3 is 0 Å². The minimum absolute atomic E-state index is 0.0176. The van der Waals surface area contributed by atoms with Crippen LogP contribution in [0.15, 0.2) is 18.2 Å². The smallest absolute Gasteiger partial charge is 0.251 e. The third-order valence-corrected chi connectivity index (χ3v) is 2.87. The number of hydrogen-bond acceptors (Lipinski definition) is 1. The van der Waals surface area contributed by atoms with Gasteiger partial charge in [-0.25, -0.2) is 0 Å². The van der Waals surface area contributed by atoms with Gasteiger partial charge in [0, 0.05) is 17.0 Å². The molecule has 17 heavy (non-hydrogen) atoms. The molecule has 0 aromatic heterocycles. The molecule has 2 unspecified atom stereocenters. The highest BCUT2D eigenvalue weighted by Crippen LogP contribution is 2.11. The highest BCUT2D eigenvalue weighted by molar-refractivity contribution is 6.20. The van der Waals surface area contributed by atoms with Crippen molar-refractivity contribution in [2.24, 2.45) is 0 Å². The third kappa shape index (κ3) is 4.39. The van der Waals surface area contributed by atoms with E-state index in [1.54, 1.807) is 0 Å². The highest BCUT2D eigenvalue weighted by atomic mass is 35.5. The molecular weight excluding hydrogens is 234 g/mol. The second-order valence-electron chi connectivity index (χ2n) is 4.71. The highest BCUT2D eigenvalue weighted by Gasteiger charge is 2.13. The molecule has 0 aliphatic carbocycles. The van der Waals surface area contributed by atoms with Crippen molar-refractivity contribution in [2.75, 3.05) is 0 Å². The van der Waals surface area contributed by atoms with Gasteiger partial charge in [0.05, 0.1) is 0 Å². The van der Waals surface area contributed by atoms with E-state index in [0.717, 1.165) is 23.1 Å². The maximum atomic E-state index is 12.1. The van der Waals surface area contributed by atoms with E-state index in [1.165, 1.54) is 0 Å². The second-order valence-corrected chi connectivity index (χ2v) is 5.45. The lowest BCUT2D eigenvalue weighted by atomic mass is 10.0. The van der Waals surface area contributed by atoms with Gasteiger partial charge in [-0.1, -0.05) is 17.7 Å². The number of aryl methyl sites for hydroxylation is 2. The SMILES string of the molecule is Cc1ccc(C)c(C(=O)NC(C)CC(C)Cl)c1. The summed E-state index contributed by atoms with van der Waals surface area (Å²) in [6.45, 7) is 7.84. The second kappa shape index (κ2) is 6.06. The predicted octanol–water partition coefficient (Wildman–Crippen LogP) is 3.44. The lowest BCUT2D eigenvalue weighted by molar-refractivity contribution is 0.0938. The molecule has 0 heterocycles. The molecule has 0 aliphatic rings. The van der Waals surface area contributed by atoms with Crippen molar-refractivity contribution >= 4 is 17.5 Å². The number of nitrogens with one attached hydrogen (secondary N) is 1. The van der Waals surface area contributed by atoms with Gasteiger partial charge in [0.15, 0.2) is 0 Å². The Morgan fingerprint density at radius 2 is 2.00 bits per heavy atom. The van der Waals surface area contributed by atoms with E-state index in [0.29, 0.717) is 0 Å². The quantitative estimate of drug-likeness (QED) is 0.819. The molecule has 0 bridgehead atoms. The molecule has 0 aliphatic heterocycles. The van der Waals surface area contributed by atoms with Crippen molar-refractivity contribution in [1.29, 1.82) is 0 Å². The Morgan fingerprint density at radius 1 is 1.35 bits per heavy atom. The Labute approximate surface area is 108 Å². The van der Waals surface area contributed by atoms with E-state index < -0.39 is 0 Å². The van der Waals surface area contributed by atoms with Crippen molar-refractivity contribution in [3.05, 3.63) is 34.9 Å². The number of halogens is 1. The van der Waals surface area contributed by atoms with Gasteiger partial charge in [-0.05, 0) is 45.7 Å². The van der Waals surface area contributed by atoms with Crippen molar-refractivity contribution in [3.63, 3.8) is 0 Å². The molecule has 1 aromatic carbocycles. The largest absolute Gasteiger partial charge is 0.350 e. The minimum atomic E-state index is -0.0176. The Bertz CT molecular complexity index is 401. The fourth-order valence-electron chi connectivity index (χ4n) is 1.83. The zero-order valence-electron chi connectivity index (χ0n) is 10.9. The van der Waals surface area contributed by atoms with Crippen LogP contribution in [0.1, 0.15) is 41.8 Å². The van der Waals surface area contributed by atoms with E-state index >= 15 is 0 Å². The normalized spacial score (nSPS) is 14.2. The van der Waals surface area contributed by atoms with Gasteiger partial charge in [-0.15, -0.1) is 11.6 Å². The molecule has 2 nitrogen and oxygen atoms in total. The van der Waals surface area contributed by atoms with E-state index in [-0.39, 0.29) is 17.3 Å². The van der Waals surface area contributed by atoms with Crippen LogP contribution in [-0.4, -0.2) is 17.3 Å². The molecule has 0 saturated heterocycles. The average Bonchev–Trinajstić information content (AvgIpc) is 2.20. The first-order valence-corrected chi connectivity index (χ1v) is 6.36. The van der Waals surface area contributed by atoms with E-state index in [4.69, 9.17) is 11.6 Å². The van der Waals surface area contributed by atoms with Crippen LogP contribution in [0.3, 0.4) is 0 Å². The number of rotatable bonds is 4. The molecule has 1 rings (SSSR count). The molecule has 1 aromatic rings. The maximum Gasteiger partial charge on any atom is 0.251 e. The molecule has 0 radical (unpaired) electrons. The van der Waals surface area contributed by atoms with Crippen molar-refractivity contribution < 1.29 is 4.79 Å². The van der Waals surface area contributed by atoms with Gasteiger partial charge in [0.1, 0.15) is 0 Å². The molecule has 1 amide bonds. The first-order chi connectivity index (χ1) is 7.90.